The molecule has 2 amide bonds. The molecule has 0 unspecified atom stereocenters. The Morgan fingerprint density at radius 1 is 1.12 bits per heavy atom. The van der Waals surface area contributed by atoms with E-state index in [9.17, 15) is 19.2 Å². The molecule has 1 aromatic rings. The van der Waals surface area contributed by atoms with Crippen molar-refractivity contribution in [1.82, 2.24) is 5.32 Å². The second-order valence-electron chi connectivity index (χ2n) is 4.70. The summed E-state index contributed by atoms with van der Waals surface area (Å²) in [5, 5.41) is 5.09. The van der Waals surface area contributed by atoms with E-state index in [1.165, 1.54) is 14.2 Å². The third-order valence-corrected chi connectivity index (χ3v) is 4.15. The number of anilines is 1. The fourth-order valence-electron chi connectivity index (χ4n) is 1.85. The molecule has 0 aromatic carbocycles. The fraction of sp³-hybridized carbons (Fsp3) is 0.467. The summed E-state index contributed by atoms with van der Waals surface area (Å²) in [7, 11) is 2.78. The smallest absolute Gasteiger partial charge is 0.341 e. The third-order valence-electron chi connectivity index (χ3n) is 2.94. The Labute approximate surface area is 148 Å². The van der Waals surface area contributed by atoms with Crippen LogP contribution >= 0.6 is 11.3 Å². The van der Waals surface area contributed by atoms with Crippen molar-refractivity contribution in [2.75, 3.05) is 39.3 Å². The maximum atomic E-state index is 12.1. The molecule has 0 atom stereocenters. The van der Waals surface area contributed by atoms with Crippen molar-refractivity contribution in [3.8, 4) is 0 Å². The molecule has 0 aliphatic carbocycles. The van der Waals surface area contributed by atoms with E-state index in [1.807, 2.05) is 0 Å². The number of carbonyl (C=O) groups excluding carboxylic acids is 4. The Hall–Kier alpha value is -2.46. The minimum Gasteiger partial charge on any atom is -0.462 e. The van der Waals surface area contributed by atoms with Crippen molar-refractivity contribution in [3.05, 3.63) is 16.0 Å². The second kappa shape index (κ2) is 9.74. The highest BCUT2D eigenvalue weighted by Gasteiger charge is 2.26. The van der Waals surface area contributed by atoms with Gasteiger partial charge in [-0.25, -0.2) is 9.59 Å². The summed E-state index contributed by atoms with van der Waals surface area (Å²) in [5.74, 6) is -2.39. The number of hydrogen-bond donors (Lipinski definition) is 2. The van der Waals surface area contributed by atoms with Gasteiger partial charge in [0.05, 0.1) is 17.0 Å². The van der Waals surface area contributed by atoms with E-state index in [0.717, 1.165) is 11.3 Å². The molecule has 1 aromatic heterocycles. The van der Waals surface area contributed by atoms with E-state index < -0.39 is 24.5 Å². The molecule has 138 valence electrons. The highest BCUT2D eigenvalue weighted by molar-refractivity contribution is 7.18. The molecule has 1 rings (SSSR count). The number of ether oxygens (including phenoxy) is 3. The van der Waals surface area contributed by atoms with Gasteiger partial charge in [-0.15, -0.1) is 11.3 Å². The maximum absolute atomic E-state index is 12.1. The molecule has 0 radical (unpaired) electrons. The molecule has 2 N–H and O–H groups in total. The largest absolute Gasteiger partial charge is 0.462 e. The van der Waals surface area contributed by atoms with Gasteiger partial charge in [0.25, 0.3) is 11.8 Å². The van der Waals surface area contributed by atoms with Gasteiger partial charge in [-0.3, -0.25) is 9.59 Å². The number of esters is 2. The number of nitrogens with one attached hydrogen (secondary N) is 2. The average Bonchev–Trinajstić information content (AvgIpc) is 2.89. The Kier molecular flexibility index (Phi) is 8.02. The number of amides is 2. The predicted molar refractivity (Wildman–Crippen MR) is 89.9 cm³/mol. The highest BCUT2D eigenvalue weighted by atomic mass is 32.1. The first-order valence-electron chi connectivity index (χ1n) is 7.32. The van der Waals surface area contributed by atoms with Gasteiger partial charge in [-0.2, -0.15) is 0 Å². The van der Waals surface area contributed by atoms with Crippen molar-refractivity contribution in [3.63, 3.8) is 0 Å². The molecule has 0 saturated carbocycles. The first-order chi connectivity index (χ1) is 11.8. The molecule has 0 aliphatic rings. The molecular weight excluding hydrogens is 352 g/mol. The van der Waals surface area contributed by atoms with E-state index in [1.54, 1.807) is 13.8 Å². The summed E-state index contributed by atoms with van der Waals surface area (Å²) in [6.07, 6.45) is 0. The Morgan fingerprint density at radius 2 is 1.80 bits per heavy atom. The lowest BCUT2D eigenvalue weighted by Crippen LogP contribution is -2.23. The monoisotopic (exact) mass is 372 g/mol. The fourth-order valence-corrected chi connectivity index (χ4v) is 3.01. The topological polar surface area (TPSA) is 120 Å². The van der Waals surface area contributed by atoms with Crippen LogP contribution in [0.4, 0.5) is 5.00 Å². The zero-order valence-corrected chi connectivity index (χ0v) is 15.2. The minimum atomic E-state index is -0.698. The molecule has 0 saturated heterocycles. The standard InChI is InChI=1S/C15H20N2O7S/c1-5-23-15(21)11-8(2)12(13(20)16-3)25-14(11)17-9(18)6-24-10(19)7-22-4/h5-7H2,1-4H3,(H,16,20)(H,17,18). The van der Waals surface area contributed by atoms with Crippen LogP contribution in [0, 0.1) is 6.92 Å². The van der Waals surface area contributed by atoms with Crippen LogP contribution in [0.15, 0.2) is 0 Å². The summed E-state index contributed by atoms with van der Waals surface area (Å²) in [4.78, 5) is 47.5. The lowest BCUT2D eigenvalue weighted by atomic mass is 10.1. The number of thiophene rings is 1. The highest BCUT2D eigenvalue weighted by Crippen LogP contribution is 2.33. The van der Waals surface area contributed by atoms with E-state index in [0.29, 0.717) is 5.56 Å². The first kappa shape index (κ1) is 20.6. The van der Waals surface area contributed by atoms with Crippen LogP contribution in [0.25, 0.3) is 0 Å². The van der Waals surface area contributed by atoms with E-state index in [-0.39, 0.29) is 34.6 Å². The van der Waals surface area contributed by atoms with Gasteiger partial charge in [-0.05, 0) is 19.4 Å². The summed E-state index contributed by atoms with van der Waals surface area (Å²) in [6, 6.07) is 0. The Bertz CT molecular complexity index is 669. The predicted octanol–water partition coefficient (Wildman–Crippen LogP) is 0.721. The van der Waals surface area contributed by atoms with Crippen LogP contribution in [-0.2, 0) is 23.8 Å². The lowest BCUT2D eigenvalue weighted by molar-refractivity contribution is -0.150. The van der Waals surface area contributed by atoms with Crippen molar-refractivity contribution in [1.29, 1.82) is 0 Å². The SMILES string of the molecule is CCOC(=O)c1c(NC(=O)COC(=O)COC)sc(C(=O)NC)c1C. The van der Waals surface area contributed by atoms with Crippen molar-refractivity contribution < 1.29 is 33.4 Å². The van der Waals surface area contributed by atoms with Gasteiger partial charge < -0.3 is 24.8 Å². The number of methoxy groups -OCH3 is 1. The summed E-state index contributed by atoms with van der Waals surface area (Å²) in [6.45, 7) is 2.55. The molecule has 0 fully saturated rings. The van der Waals surface area contributed by atoms with Gasteiger partial charge in [-0.1, -0.05) is 0 Å². The molecule has 0 aliphatic heterocycles. The Morgan fingerprint density at radius 3 is 2.36 bits per heavy atom. The number of hydrogen-bond acceptors (Lipinski definition) is 8. The van der Waals surface area contributed by atoms with Crippen molar-refractivity contribution in [2.24, 2.45) is 0 Å². The summed E-state index contributed by atoms with van der Waals surface area (Å²) < 4.78 is 14.3. The second-order valence-corrected chi connectivity index (χ2v) is 5.72. The first-order valence-corrected chi connectivity index (χ1v) is 8.14. The summed E-state index contributed by atoms with van der Waals surface area (Å²) in [5.41, 5.74) is 0.497. The van der Waals surface area contributed by atoms with Crippen molar-refractivity contribution >= 4 is 40.1 Å². The zero-order chi connectivity index (χ0) is 19.0. The lowest BCUT2D eigenvalue weighted by Gasteiger charge is -2.07. The quantitative estimate of drug-likeness (QED) is 0.645. The van der Waals surface area contributed by atoms with Crippen LogP contribution in [0.1, 0.15) is 32.5 Å². The van der Waals surface area contributed by atoms with Gasteiger partial charge in [0.15, 0.2) is 6.61 Å². The van der Waals surface area contributed by atoms with Crippen LogP contribution in [0.3, 0.4) is 0 Å². The molecule has 25 heavy (non-hydrogen) atoms. The van der Waals surface area contributed by atoms with Gasteiger partial charge in [0, 0.05) is 14.2 Å². The molecular formula is C15H20N2O7S. The van der Waals surface area contributed by atoms with Crippen molar-refractivity contribution in [2.45, 2.75) is 13.8 Å². The van der Waals surface area contributed by atoms with Gasteiger partial charge in [0.2, 0.25) is 0 Å². The van der Waals surface area contributed by atoms with Crippen LogP contribution in [-0.4, -0.2) is 57.7 Å². The van der Waals surface area contributed by atoms with Crippen LogP contribution in [0.5, 0.6) is 0 Å². The van der Waals surface area contributed by atoms with E-state index in [2.05, 4.69) is 15.4 Å². The summed E-state index contributed by atoms with van der Waals surface area (Å²) >= 11 is 0.936. The molecule has 0 bridgehead atoms. The third kappa shape index (κ3) is 5.54. The number of rotatable bonds is 8. The van der Waals surface area contributed by atoms with Gasteiger partial charge >= 0.3 is 11.9 Å². The van der Waals surface area contributed by atoms with Crippen LogP contribution < -0.4 is 10.6 Å². The number of carbonyl (C=O) groups is 4. The average molecular weight is 372 g/mol. The zero-order valence-electron chi connectivity index (χ0n) is 14.4. The Balaban J connectivity index is 3.00. The van der Waals surface area contributed by atoms with E-state index in [4.69, 9.17) is 9.47 Å². The molecule has 1 heterocycles. The normalized spacial score (nSPS) is 10.1. The minimum absolute atomic E-state index is 0.0991. The van der Waals surface area contributed by atoms with E-state index >= 15 is 0 Å². The molecule has 9 nitrogen and oxygen atoms in total. The van der Waals surface area contributed by atoms with Gasteiger partial charge in [0.1, 0.15) is 11.6 Å². The molecule has 10 heteroatoms. The molecule has 0 spiro atoms. The maximum Gasteiger partial charge on any atom is 0.341 e. The van der Waals surface area contributed by atoms with Crippen LogP contribution in [0.2, 0.25) is 0 Å².